The lowest BCUT2D eigenvalue weighted by Gasteiger charge is -2.33. The Morgan fingerprint density at radius 3 is 0.950 bits per heavy atom. The van der Waals surface area contributed by atoms with E-state index in [1.807, 2.05) is 0 Å². The van der Waals surface area contributed by atoms with Gasteiger partial charge in [0, 0.05) is 72.2 Å². The molecule has 121 heavy (non-hydrogen) atoms. The van der Waals surface area contributed by atoms with Crippen LogP contribution in [0.1, 0.15) is 50.1 Å². The van der Waals surface area contributed by atoms with Crippen LogP contribution in [0.2, 0.25) is 0 Å². The SMILES string of the molecule is Cc1cccc2c1oc1c(-c3ccc(N(c4ccc5c(c4)C4(c6ccccc6-c6ccccc64)c4ccccc4-5)c4ccccc4-c4cccc(-c5ccc6c(c5)C5(c7ccccc7-6)c6ccccc6-c6ccc(N(c7ccc(-c8ccccc8)cc7)c7ccc(-c8cccc9c8oc8c(-c%10ccccc%10)cccc89)cc7)cc65)c4)cc3)cccc12. The number of nitrogens with zero attached hydrogens (tertiary/aromatic N) is 2. The first kappa shape index (κ1) is 68.6. The fraction of sp³-hybridized carbons (Fsp3) is 0.0256. The third kappa shape index (κ3) is 10.1. The number of benzene rings is 19. The Hall–Kier alpha value is -15.6. The van der Waals surface area contributed by atoms with Gasteiger partial charge in [-0.3, -0.25) is 0 Å². The summed E-state index contributed by atoms with van der Waals surface area (Å²) in [6.07, 6.45) is 0. The Morgan fingerprint density at radius 1 is 0.174 bits per heavy atom. The monoisotopic (exact) mass is 1540 g/mol. The predicted molar refractivity (Wildman–Crippen MR) is 500 cm³/mol. The van der Waals surface area contributed by atoms with Gasteiger partial charge in [-0.15, -0.1) is 0 Å². The third-order valence-electron chi connectivity index (χ3n) is 26.7. The number of para-hydroxylation sites is 5. The van der Waals surface area contributed by atoms with E-state index in [9.17, 15) is 0 Å². The van der Waals surface area contributed by atoms with Gasteiger partial charge in [0.2, 0.25) is 0 Å². The maximum Gasteiger partial charge on any atom is 0.143 e. The van der Waals surface area contributed by atoms with Crippen molar-refractivity contribution in [3.63, 3.8) is 0 Å². The lowest BCUT2D eigenvalue weighted by molar-refractivity contribution is 0.667. The van der Waals surface area contributed by atoms with E-state index in [0.717, 1.165) is 145 Å². The van der Waals surface area contributed by atoms with Crippen molar-refractivity contribution in [2.45, 2.75) is 17.8 Å². The Bertz CT molecular complexity index is 7770. The molecule has 4 nitrogen and oxygen atoms in total. The van der Waals surface area contributed by atoms with Gasteiger partial charge >= 0.3 is 0 Å². The molecule has 0 radical (unpaired) electrons. The molecule has 0 bridgehead atoms. The molecule has 0 saturated heterocycles. The summed E-state index contributed by atoms with van der Waals surface area (Å²) >= 11 is 0. The summed E-state index contributed by atoms with van der Waals surface area (Å²) in [6, 6.07) is 160. The van der Waals surface area contributed by atoms with Crippen molar-refractivity contribution in [2.24, 2.45) is 0 Å². The second kappa shape index (κ2) is 26.7. The molecule has 0 aliphatic heterocycles. The zero-order valence-electron chi connectivity index (χ0n) is 66.2. The van der Waals surface area contributed by atoms with Crippen LogP contribution < -0.4 is 9.80 Å². The molecule has 0 amide bonds. The van der Waals surface area contributed by atoms with Crippen molar-refractivity contribution in [1.29, 1.82) is 0 Å². The van der Waals surface area contributed by atoms with E-state index in [2.05, 4.69) is 447 Å². The lowest BCUT2D eigenvalue weighted by Crippen LogP contribution is -2.26. The summed E-state index contributed by atoms with van der Waals surface area (Å²) in [5.41, 5.74) is 43.5. The smallest absolute Gasteiger partial charge is 0.143 e. The summed E-state index contributed by atoms with van der Waals surface area (Å²) in [4.78, 5) is 4.95. The summed E-state index contributed by atoms with van der Waals surface area (Å²) in [5.74, 6) is 0. The molecule has 2 spiro atoms. The first-order chi connectivity index (χ1) is 59.9. The first-order valence-electron chi connectivity index (χ1n) is 41.9. The van der Waals surface area contributed by atoms with Crippen molar-refractivity contribution in [1.82, 2.24) is 0 Å². The fourth-order valence-electron chi connectivity index (χ4n) is 21.4. The molecule has 0 fully saturated rings. The average molecular weight is 1540 g/mol. The maximum atomic E-state index is 7.01. The van der Waals surface area contributed by atoms with E-state index in [-0.39, 0.29) is 0 Å². The van der Waals surface area contributed by atoms with Crippen molar-refractivity contribution in [3.8, 4) is 111 Å². The highest BCUT2D eigenvalue weighted by atomic mass is 16.3. The zero-order valence-corrected chi connectivity index (χ0v) is 66.2. The third-order valence-corrected chi connectivity index (χ3v) is 26.7. The molecule has 564 valence electrons. The minimum atomic E-state index is -0.682. The van der Waals surface area contributed by atoms with Gasteiger partial charge in [0.15, 0.2) is 0 Å². The summed E-state index contributed by atoms with van der Waals surface area (Å²) in [7, 11) is 0. The molecular weight excluding hydrogens is 1470 g/mol. The Morgan fingerprint density at radius 2 is 0.463 bits per heavy atom. The number of furan rings is 2. The van der Waals surface area contributed by atoms with Gasteiger partial charge in [-0.1, -0.05) is 352 Å². The molecule has 2 aromatic heterocycles. The fourth-order valence-corrected chi connectivity index (χ4v) is 21.4. The Balaban J connectivity index is 0.630. The molecule has 0 N–H and O–H groups in total. The van der Waals surface area contributed by atoms with Crippen LogP contribution in [0.15, 0.2) is 440 Å². The van der Waals surface area contributed by atoms with Crippen LogP contribution in [0.5, 0.6) is 0 Å². The van der Waals surface area contributed by atoms with Gasteiger partial charge in [0.05, 0.1) is 16.5 Å². The van der Waals surface area contributed by atoms with E-state index in [1.54, 1.807) is 0 Å². The predicted octanol–water partition coefficient (Wildman–Crippen LogP) is 31.4. The number of hydrogen-bond donors (Lipinski definition) is 0. The van der Waals surface area contributed by atoms with Gasteiger partial charge in [0.25, 0.3) is 0 Å². The van der Waals surface area contributed by atoms with E-state index in [4.69, 9.17) is 8.83 Å². The van der Waals surface area contributed by atoms with Crippen molar-refractivity contribution < 1.29 is 8.83 Å². The first-order valence-corrected chi connectivity index (χ1v) is 41.9. The van der Waals surface area contributed by atoms with Crippen LogP contribution in [0, 0.1) is 6.92 Å². The Labute approximate surface area is 701 Å². The molecule has 4 heteroatoms. The number of fused-ring (bicyclic) bond motifs is 26. The number of hydrogen-bond acceptors (Lipinski definition) is 4. The van der Waals surface area contributed by atoms with E-state index < -0.39 is 10.8 Å². The highest BCUT2D eigenvalue weighted by Crippen LogP contribution is 2.66. The van der Waals surface area contributed by atoms with Gasteiger partial charge < -0.3 is 18.6 Å². The highest BCUT2D eigenvalue weighted by Gasteiger charge is 2.54. The minimum absolute atomic E-state index is 0.545. The van der Waals surface area contributed by atoms with Crippen LogP contribution in [0.4, 0.5) is 34.1 Å². The molecule has 19 aromatic carbocycles. The largest absolute Gasteiger partial charge is 0.455 e. The van der Waals surface area contributed by atoms with Crippen molar-refractivity contribution >= 4 is 78.0 Å². The molecule has 1 atom stereocenters. The van der Waals surface area contributed by atoms with Crippen LogP contribution in [-0.2, 0) is 10.8 Å². The van der Waals surface area contributed by atoms with Gasteiger partial charge in [-0.25, -0.2) is 0 Å². The summed E-state index contributed by atoms with van der Waals surface area (Å²) in [6.45, 7) is 2.13. The van der Waals surface area contributed by atoms with Crippen LogP contribution in [0.3, 0.4) is 0 Å². The van der Waals surface area contributed by atoms with Gasteiger partial charge in [-0.2, -0.15) is 0 Å². The number of anilines is 6. The molecule has 2 heterocycles. The molecule has 4 aliphatic carbocycles. The Kier molecular flexibility index (Phi) is 15.1. The molecule has 0 saturated carbocycles. The maximum absolute atomic E-state index is 7.01. The summed E-state index contributed by atoms with van der Waals surface area (Å²) in [5, 5.41) is 4.45. The topological polar surface area (TPSA) is 32.8 Å². The molecular formula is C117H74N2O2. The molecule has 25 rings (SSSR count). The average Bonchev–Trinajstić information content (AvgIpc) is 1.51. The highest BCUT2D eigenvalue weighted by molar-refractivity contribution is 6.14. The second-order valence-corrected chi connectivity index (χ2v) is 32.8. The van der Waals surface area contributed by atoms with Crippen molar-refractivity contribution in [3.05, 3.63) is 481 Å². The molecule has 1 unspecified atom stereocenters. The number of aryl methyl sites for hydroxylation is 1. The van der Waals surface area contributed by atoms with E-state index >= 15 is 0 Å². The standard InChI is InChI=1S/C117H74N2O2/c1-73-25-20-41-99-100-42-23-39-89(113(100)120-112(73)99)78-55-62-84(63-56-78)119(86-65-68-97-94-36-10-16-47-105(94)116(109(97)72-86)103-45-14-8-33-91(103)92-34-9-15-46-104(92)116)111-50-19-13-32-87(111)81-31-21-30-79(69-81)80-57-66-96-93-35-11-17-48-106(93)117(108(96)70-80)107-49-18-12-37-95(107)98-67-64-85(71-110(98)117)118(82-58-51-75(52-59-82)74-26-4-2-5-27-74)83-60-53-77(54-61-83)90-40-24-44-102-101-43-22-38-88(114(101)121-115(90)102)76-28-6-3-7-29-76/h2-72H,1H3. The normalized spacial score (nSPS) is 13.9. The quantitative estimate of drug-likeness (QED) is 0.122. The van der Waals surface area contributed by atoms with Crippen LogP contribution >= 0.6 is 0 Å². The van der Waals surface area contributed by atoms with Crippen LogP contribution in [-0.4, -0.2) is 0 Å². The van der Waals surface area contributed by atoms with Crippen molar-refractivity contribution in [2.75, 3.05) is 9.80 Å². The number of rotatable bonds is 12. The minimum Gasteiger partial charge on any atom is -0.455 e. The zero-order chi connectivity index (χ0) is 79.6. The van der Waals surface area contributed by atoms with E-state index in [1.165, 1.54) is 94.6 Å². The molecule has 4 aliphatic rings. The van der Waals surface area contributed by atoms with Crippen LogP contribution in [0.25, 0.3) is 155 Å². The second-order valence-electron chi connectivity index (χ2n) is 32.8. The van der Waals surface area contributed by atoms with E-state index in [0.29, 0.717) is 0 Å². The van der Waals surface area contributed by atoms with Gasteiger partial charge in [0.1, 0.15) is 22.3 Å². The van der Waals surface area contributed by atoms with Gasteiger partial charge in [-0.05, 0) is 225 Å². The lowest BCUT2D eigenvalue weighted by atomic mass is 9.70. The molecule has 21 aromatic rings. The summed E-state index contributed by atoms with van der Waals surface area (Å²) < 4.78 is 13.8.